The number of alkyl halides is 3. The minimum absolute atomic E-state index is 0.124. The second-order valence-corrected chi connectivity index (χ2v) is 7.54. The Labute approximate surface area is 173 Å². The zero-order chi connectivity index (χ0) is 21.3. The van der Waals surface area contributed by atoms with Crippen molar-refractivity contribution in [3.63, 3.8) is 0 Å². The number of aliphatic hydroxyl groups is 1. The molecule has 156 valence electrons. The molecule has 0 fully saturated rings. The number of rotatable bonds is 3. The Hall–Kier alpha value is -2.83. The van der Waals surface area contributed by atoms with Gasteiger partial charge in [0.1, 0.15) is 18.1 Å². The van der Waals surface area contributed by atoms with Gasteiger partial charge in [0.05, 0.1) is 5.56 Å². The van der Waals surface area contributed by atoms with E-state index in [1.54, 1.807) is 18.2 Å². The summed E-state index contributed by atoms with van der Waals surface area (Å²) in [5.41, 5.74) is 2.36. The van der Waals surface area contributed by atoms with Crippen LogP contribution in [0.1, 0.15) is 29.8 Å². The van der Waals surface area contributed by atoms with Crippen LogP contribution in [0.4, 0.5) is 13.2 Å². The first-order valence-corrected chi connectivity index (χ1v) is 9.75. The topological polar surface area (TPSA) is 32.7 Å². The van der Waals surface area contributed by atoms with Gasteiger partial charge in [0, 0.05) is 18.7 Å². The average molecular weight is 413 g/mol. The minimum Gasteiger partial charge on any atom is -0.489 e. The molecule has 30 heavy (non-hydrogen) atoms. The van der Waals surface area contributed by atoms with Crippen LogP contribution in [-0.4, -0.2) is 22.7 Å². The highest BCUT2D eigenvalue weighted by atomic mass is 19.4. The Morgan fingerprint density at radius 3 is 2.30 bits per heavy atom. The molecular weight excluding hydrogens is 391 g/mol. The summed E-state index contributed by atoms with van der Waals surface area (Å²) in [6.45, 7) is 3.05. The molecule has 0 spiro atoms. The predicted octanol–water partition coefficient (Wildman–Crippen LogP) is 5.65. The molecular formula is C24H22F3NO2. The molecule has 0 aliphatic carbocycles. The highest BCUT2D eigenvalue weighted by molar-refractivity contribution is 5.66. The van der Waals surface area contributed by atoms with Gasteiger partial charge in [-0.15, -0.1) is 0 Å². The highest BCUT2D eigenvalue weighted by Crippen LogP contribution is 2.37. The third kappa shape index (κ3) is 4.35. The summed E-state index contributed by atoms with van der Waals surface area (Å²) in [6, 6.07) is 20.2. The SMILES string of the molecule is C[C@@H]1CN(Cc2ccccc2)C(O)c2cc(-c3ccc(C(F)(F)F)cc3)ccc2O1. The maximum atomic E-state index is 12.8. The van der Waals surface area contributed by atoms with Crippen LogP contribution in [-0.2, 0) is 12.7 Å². The van der Waals surface area contributed by atoms with Gasteiger partial charge in [0.15, 0.2) is 0 Å². The second kappa shape index (κ2) is 8.13. The number of benzene rings is 3. The van der Waals surface area contributed by atoms with Crippen molar-refractivity contribution in [1.82, 2.24) is 4.90 Å². The lowest BCUT2D eigenvalue weighted by molar-refractivity contribution is -0.137. The maximum Gasteiger partial charge on any atom is 0.416 e. The van der Waals surface area contributed by atoms with Crippen molar-refractivity contribution < 1.29 is 23.0 Å². The number of ether oxygens (including phenoxy) is 1. The van der Waals surface area contributed by atoms with E-state index < -0.39 is 18.0 Å². The number of hydrogen-bond acceptors (Lipinski definition) is 3. The fourth-order valence-corrected chi connectivity index (χ4v) is 3.74. The van der Waals surface area contributed by atoms with Crippen molar-refractivity contribution in [2.45, 2.75) is 32.0 Å². The van der Waals surface area contributed by atoms with Crippen molar-refractivity contribution in [2.24, 2.45) is 0 Å². The molecule has 0 radical (unpaired) electrons. The average Bonchev–Trinajstić information content (AvgIpc) is 2.84. The quantitative estimate of drug-likeness (QED) is 0.603. The monoisotopic (exact) mass is 413 g/mol. The number of halogens is 3. The van der Waals surface area contributed by atoms with Gasteiger partial charge in [-0.2, -0.15) is 13.2 Å². The molecule has 1 aliphatic heterocycles. The predicted molar refractivity (Wildman–Crippen MR) is 109 cm³/mol. The van der Waals surface area contributed by atoms with Gasteiger partial charge in [-0.05, 0) is 47.9 Å². The van der Waals surface area contributed by atoms with Crippen molar-refractivity contribution in [3.8, 4) is 16.9 Å². The summed E-state index contributed by atoms with van der Waals surface area (Å²) in [5.74, 6) is 0.584. The smallest absolute Gasteiger partial charge is 0.416 e. The lowest BCUT2D eigenvalue weighted by atomic mass is 10.00. The van der Waals surface area contributed by atoms with E-state index in [9.17, 15) is 18.3 Å². The Morgan fingerprint density at radius 2 is 1.63 bits per heavy atom. The first-order valence-electron chi connectivity index (χ1n) is 9.75. The molecule has 0 saturated carbocycles. The van der Waals surface area contributed by atoms with Gasteiger partial charge in [0.25, 0.3) is 0 Å². The Bertz CT molecular complexity index is 1000. The molecule has 0 saturated heterocycles. The third-order valence-electron chi connectivity index (χ3n) is 5.23. The second-order valence-electron chi connectivity index (χ2n) is 7.54. The Kier molecular flexibility index (Phi) is 5.54. The van der Waals surface area contributed by atoms with E-state index in [4.69, 9.17) is 4.74 Å². The van der Waals surface area contributed by atoms with Gasteiger partial charge in [-0.25, -0.2) is 0 Å². The molecule has 3 aromatic rings. The van der Waals surface area contributed by atoms with Crippen LogP contribution >= 0.6 is 0 Å². The summed E-state index contributed by atoms with van der Waals surface area (Å²) in [6.07, 6.45) is -5.38. The summed E-state index contributed by atoms with van der Waals surface area (Å²) in [7, 11) is 0. The number of hydrogen-bond donors (Lipinski definition) is 1. The first-order chi connectivity index (χ1) is 14.3. The lowest BCUT2D eigenvalue weighted by Gasteiger charge is -2.27. The van der Waals surface area contributed by atoms with Gasteiger partial charge < -0.3 is 9.84 Å². The molecule has 4 rings (SSSR count). The van der Waals surface area contributed by atoms with Gasteiger partial charge >= 0.3 is 6.18 Å². The first kappa shape index (κ1) is 20.4. The summed E-state index contributed by atoms with van der Waals surface area (Å²) in [5, 5.41) is 11.1. The summed E-state index contributed by atoms with van der Waals surface area (Å²) in [4.78, 5) is 1.93. The van der Waals surface area contributed by atoms with Crippen molar-refractivity contribution >= 4 is 0 Å². The lowest BCUT2D eigenvalue weighted by Crippen LogP contribution is -2.33. The van der Waals surface area contributed by atoms with Crippen LogP contribution in [0.15, 0.2) is 72.8 Å². The third-order valence-corrected chi connectivity index (χ3v) is 5.23. The Morgan fingerprint density at radius 1 is 0.967 bits per heavy atom. The summed E-state index contributed by atoms with van der Waals surface area (Å²) < 4.78 is 44.5. The summed E-state index contributed by atoms with van der Waals surface area (Å²) >= 11 is 0. The van der Waals surface area contributed by atoms with Gasteiger partial charge in [-0.1, -0.05) is 48.5 Å². The normalized spacial score (nSPS) is 19.6. The minimum atomic E-state index is -4.37. The van der Waals surface area contributed by atoms with E-state index >= 15 is 0 Å². The highest BCUT2D eigenvalue weighted by Gasteiger charge is 2.31. The van der Waals surface area contributed by atoms with Crippen LogP contribution in [0.25, 0.3) is 11.1 Å². The Balaban J connectivity index is 1.65. The van der Waals surface area contributed by atoms with E-state index in [0.29, 0.717) is 30.0 Å². The fourth-order valence-electron chi connectivity index (χ4n) is 3.74. The molecule has 1 aliphatic rings. The van der Waals surface area contributed by atoms with Crippen molar-refractivity contribution in [2.75, 3.05) is 6.54 Å². The zero-order valence-corrected chi connectivity index (χ0v) is 16.4. The fraction of sp³-hybridized carbons (Fsp3) is 0.250. The molecule has 3 aromatic carbocycles. The molecule has 1 heterocycles. The molecule has 1 N–H and O–H groups in total. The number of aliphatic hydroxyl groups excluding tert-OH is 1. The van der Waals surface area contributed by atoms with Crippen LogP contribution in [0, 0.1) is 0 Å². The zero-order valence-electron chi connectivity index (χ0n) is 16.4. The molecule has 0 aromatic heterocycles. The van der Waals surface area contributed by atoms with Gasteiger partial charge in [0.2, 0.25) is 0 Å². The van der Waals surface area contributed by atoms with E-state index in [-0.39, 0.29) is 6.10 Å². The molecule has 6 heteroatoms. The van der Waals surface area contributed by atoms with Gasteiger partial charge in [-0.3, -0.25) is 4.90 Å². The van der Waals surface area contributed by atoms with E-state index in [2.05, 4.69) is 0 Å². The maximum absolute atomic E-state index is 12.8. The van der Waals surface area contributed by atoms with Crippen LogP contribution in [0.5, 0.6) is 5.75 Å². The molecule has 0 amide bonds. The van der Waals surface area contributed by atoms with E-state index in [1.165, 1.54) is 12.1 Å². The van der Waals surface area contributed by atoms with Crippen molar-refractivity contribution in [1.29, 1.82) is 0 Å². The molecule has 2 atom stereocenters. The molecule has 3 nitrogen and oxygen atoms in total. The van der Waals surface area contributed by atoms with Crippen molar-refractivity contribution in [3.05, 3.63) is 89.5 Å². The standard InChI is InChI=1S/C24H22F3NO2/c1-16-14-28(15-17-5-3-2-4-6-17)23(29)21-13-19(9-12-22(21)30-16)18-7-10-20(11-8-18)24(25,26)27/h2-13,16,23,29H,14-15H2,1H3/t16-,23?/m1/s1. The van der Waals surface area contributed by atoms with Crippen LogP contribution in [0.2, 0.25) is 0 Å². The largest absolute Gasteiger partial charge is 0.489 e. The van der Waals surface area contributed by atoms with Crippen LogP contribution in [0.3, 0.4) is 0 Å². The van der Waals surface area contributed by atoms with Crippen LogP contribution < -0.4 is 4.74 Å². The molecule has 0 bridgehead atoms. The van der Waals surface area contributed by atoms with E-state index in [1.807, 2.05) is 42.2 Å². The van der Waals surface area contributed by atoms with E-state index in [0.717, 1.165) is 23.3 Å². The number of fused-ring (bicyclic) bond motifs is 1. The number of nitrogens with zero attached hydrogens (tertiary/aromatic N) is 1. The molecule has 1 unspecified atom stereocenters.